The van der Waals surface area contributed by atoms with Gasteiger partial charge in [0.15, 0.2) is 0 Å². The van der Waals surface area contributed by atoms with E-state index in [4.69, 9.17) is 9.84 Å². The normalized spacial score (nSPS) is 28.3. The zero-order chi connectivity index (χ0) is 20.6. The lowest BCUT2D eigenvalue weighted by Crippen LogP contribution is -2.30. The molecule has 2 bridgehead atoms. The molecule has 0 spiro atoms. The number of carboxylic acid groups (broad SMARTS) is 1. The van der Waals surface area contributed by atoms with Crippen LogP contribution in [0.1, 0.15) is 78.6 Å². The summed E-state index contributed by atoms with van der Waals surface area (Å²) in [7, 11) is 0. The molecule has 0 aromatic heterocycles. The van der Waals surface area contributed by atoms with Crippen molar-refractivity contribution in [3.63, 3.8) is 0 Å². The number of aliphatic hydroxyl groups excluding tert-OH is 1. The largest absolute Gasteiger partial charge is 0.481 e. The van der Waals surface area contributed by atoms with Crippen molar-refractivity contribution in [3.05, 3.63) is 12.2 Å². The first kappa shape index (κ1) is 23.8. The number of aliphatic carboxylic acids is 1. The number of hydrogen-bond donors (Lipinski definition) is 2. The first-order valence-corrected chi connectivity index (χ1v) is 12.3. The molecule has 2 fully saturated rings. The molecule has 2 heterocycles. The monoisotopic (exact) mass is 412 g/mol. The van der Waals surface area contributed by atoms with E-state index in [1.807, 2.05) is 17.8 Å². The number of hydrogen-bond acceptors (Lipinski definition) is 4. The minimum Gasteiger partial charge on any atom is -0.481 e. The lowest BCUT2D eigenvalue weighted by molar-refractivity contribution is -0.137. The summed E-state index contributed by atoms with van der Waals surface area (Å²) in [5.74, 6) is 2.47. The molecular weight excluding hydrogens is 372 g/mol. The molecule has 0 aromatic carbocycles. The third kappa shape index (κ3) is 7.07. The Bertz CT molecular complexity index is 505. The summed E-state index contributed by atoms with van der Waals surface area (Å²) < 4.78 is 6.19. The van der Waals surface area contributed by atoms with Crippen molar-refractivity contribution in [2.45, 2.75) is 96.9 Å². The van der Waals surface area contributed by atoms with E-state index in [0.717, 1.165) is 56.5 Å². The number of rotatable bonds is 14. The van der Waals surface area contributed by atoms with Gasteiger partial charge in [-0.15, -0.1) is 0 Å². The average molecular weight is 413 g/mol. The predicted octanol–water partition coefficient (Wildman–Crippen LogP) is 5.29. The highest BCUT2D eigenvalue weighted by molar-refractivity contribution is 7.99. The number of unbranched alkanes of at least 4 members (excludes halogenated alkanes) is 3. The van der Waals surface area contributed by atoms with Crippen LogP contribution in [0.4, 0.5) is 0 Å². The fourth-order valence-corrected chi connectivity index (χ4v) is 5.73. The Balaban J connectivity index is 1.78. The summed E-state index contributed by atoms with van der Waals surface area (Å²) in [6.07, 6.45) is 13.4. The van der Waals surface area contributed by atoms with Crippen LogP contribution in [0.25, 0.3) is 0 Å². The first-order valence-electron chi connectivity index (χ1n) is 11.2. The molecular formula is C23H40O4S. The SMILES string of the molecule is CCCCC(C)(C)C(O)/C=C/[C@H]1[C@@H](CSCCCCCC(=O)O)[C@H]2CC[C@@H]1O2. The summed E-state index contributed by atoms with van der Waals surface area (Å²) >= 11 is 1.98. The molecule has 2 aliphatic rings. The Hall–Kier alpha value is -0.520. The zero-order valence-electron chi connectivity index (χ0n) is 17.9. The van der Waals surface area contributed by atoms with Crippen LogP contribution in [0.5, 0.6) is 0 Å². The van der Waals surface area contributed by atoms with Gasteiger partial charge in [0.05, 0.1) is 18.3 Å². The maximum atomic E-state index is 10.7. The van der Waals surface area contributed by atoms with E-state index >= 15 is 0 Å². The third-order valence-electron chi connectivity index (χ3n) is 6.47. The van der Waals surface area contributed by atoms with E-state index in [1.165, 1.54) is 6.42 Å². The zero-order valence-corrected chi connectivity index (χ0v) is 18.8. The highest BCUT2D eigenvalue weighted by Gasteiger charge is 2.47. The van der Waals surface area contributed by atoms with Crippen molar-refractivity contribution < 1.29 is 19.7 Å². The molecule has 0 aromatic rings. The Labute approximate surface area is 175 Å². The van der Waals surface area contributed by atoms with Gasteiger partial charge in [-0.1, -0.05) is 52.2 Å². The minimum atomic E-state index is -0.693. The molecule has 0 saturated carbocycles. The fourth-order valence-electron chi connectivity index (χ4n) is 4.45. The van der Waals surface area contributed by atoms with Crippen molar-refractivity contribution in [1.82, 2.24) is 0 Å². The van der Waals surface area contributed by atoms with Gasteiger partial charge in [-0.3, -0.25) is 4.79 Å². The van der Waals surface area contributed by atoms with Crippen LogP contribution in [-0.4, -0.2) is 46.0 Å². The van der Waals surface area contributed by atoms with Crippen molar-refractivity contribution in [3.8, 4) is 0 Å². The molecule has 5 heteroatoms. The van der Waals surface area contributed by atoms with Crippen LogP contribution < -0.4 is 0 Å². The van der Waals surface area contributed by atoms with Crippen LogP contribution in [0, 0.1) is 17.3 Å². The summed E-state index contributed by atoms with van der Waals surface area (Å²) in [6.45, 7) is 6.51. The van der Waals surface area contributed by atoms with Gasteiger partial charge in [-0.25, -0.2) is 0 Å². The highest BCUT2D eigenvalue weighted by atomic mass is 32.2. The van der Waals surface area contributed by atoms with Crippen LogP contribution in [-0.2, 0) is 9.53 Å². The second kappa shape index (κ2) is 11.6. The summed E-state index contributed by atoms with van der Waals surface area (Å²) in [5, 5.41) is 19.4. The molecule has 162 valence electrons. The van der Waals surface area contributed by atoms with Crippen LogP contribution in [0.15, 0.2) is 12.2 Å². The van der Waals surface area contributed by atoms with Gasteiger partial charge in [0.25, 0.3) is 0 Å². The number of carboxylic acids is 1. The van der Waals surface area contributed by atoms with Gasteiger partial charge in [-0.05, 0) is 49.0 Å². The van der Waals surface area contributed by atoms with Crippen molar-refractivity contribution in [2.24, 2.45) is 17.3 Å². The van der Waals surface area contributed by atoms with E-state index in [9.17, 15) is 9.90 Å². The fraction of sp³-hybridized carbons (Fsp3) is 0.870. The highest BCUT2D eigenvalue weighted by Crippen LogP contribution is 2.45. The van der Waals surface area contributed by atoms with Crippen LogP contribution in [0.2, 0.25) is 0 Å². The second-order valence-electron chi connectivity index (χ2n) is 9.23. The van der Waals surface area contributed by atoms with E-state index in [0.29, 0.717) is 24.0 Å². The number of ether oxygens (including phenoxy) is 1. The Kier molecular flexibility index (Phi) is 9.85. The molecule has 2 rings (SSSR count). The lowest BCUT2D eigenvalue weighted by Gasteiger charge is -2.30. The standard InChI is InChI=1S/C23H40O4S/c1-4-5-14-23(2,3)21(24)13-10-17-18(20-12-11-19(17)27-20)16-28-15-8-6-7-9-22(25)26/h10,13,17-21,24H,4-9,11-12,14-16H2,1-3H3,(H,25,26)/b13-10+/t17-,18+,19-,20+,21?/m0/s1. The molecule has 28 heavy (non-hydrogen) atoms. The molecule has 0 amide bonds. The van der Waals surface area contributed by atoms with Crippen LogP contribution in [0.3, 0.4) is 0 Å². The van der Waals surface area contributed by atoms with Crippen molar-refractivity contribution in [1.29, 1.82) is 0 Å². The lowest BCUT2D eigenvalue weighted by atomic mass is 9.78. The molecule has 4 nitrogen and oxygen atoms in total. The molecule has 0 radical (unpaired) electrons. The van der Waals surface area contributed by atoms with Gasteiger partial charge in [0.2, 0.25) is 0 Å². The molecule has 5 atom stereocenters. The first-order chi connectivity index (χ1) is 13.3. The van der Waals surface area contributed by atoms with Crippen molar-refractivity contribution >= 4 is 17.7 Å². The number of aliphatic hydroxyl groups is 1. The molecule has 2 aliphatic heterocycles. The van der Waals surface area contributed by atoms with E-state index < -0.39 is 12.1 Å². The van der Waals surface area contributed by atoms with E-state index in [-0.39, 0.29) is 11.8 Å². The average Bonchev–Trinajstić information content (AvgIpc) is 3.25. The summed E-state index contributed by atoms with van der Waals surface area (Å²) in [4.78, 5) is 10.6. The van der Waals surface area contributed by atoms with E-state index in [1.54, 1.807) is 0 Å². The molecule has 2 saturated heterocycles. The Morgan fingerprint density at radius 3 is 2.68 bits per heavy atom. The summed E-state index contributed by atoms with van der Waals surface area (Å²) in [6, 6.07) is 0. The topological polar surface area (TPSA) is 66.8 Å². The predicted molar refractivity (Wildman–Crippen MR) is 117 cm³/mol. The maximum absolute atomic E-state index is 10.7. The van der Waals surface area contributed by atoms with Gasteiger partial charge in [0.1, 0.15) is 0 Å². The van der Waals surface area contributed by atoms with Gasteiger partial charge < -0.3 is 14.9 Å². The quantitative estimate of drug-likeness (QED) is 0.300. The second-order valence-corrected chi connectivity index (χ2v) is 10.4. The Morgan fingerprint density at radius 2 is 1.96 bits per heavy atom. The van der Waals surface area contributed by atoms with E-state index in [2.05, 4.69) is 26.8 Å². The maximum Gasteiger partial charge on any atom is 0.303 e. The third-order valence-corrected chi connectivity index (χ3v) is 7.67. The number of thioether (sulfide) groups is 1. The minimum absolute atomic E-state index is 0.0782. The van der Waals surface area contributed by atoms with Gasteiger partial charge >= 0.3 is 5.97 Å². The molecule has 0 aliphatic carbocycles. The smallest absolute Gasteiger partial charge is 0.303 e. The number of fused-ring (bicyclic) bond motifs is 2. The van der Waals surface area contributed by atoms with Crippen LogP contribution >= 0.6 is 11.8 Å². The summed E-state index contributed by atoms with van der Waals surface area (Å²) in [5.41, 5.74) is -0.0782. The molecule has 1 unspecified atom stereocenters. The van der Waals surface area contributed by atoms with Crippen molar-refractivity contribution in [2.75, 3.05) is 11.5 Å². The number of carbonyl (C=O) groups is 1. The molecule has 2 N–H and O–H groups in total. The van der Waals surface area contributed by atoms with Gasteiger partial charge in [0, 0.05) is 18.3 Å². The Morgan fingerprint density at radius 1 is 1.21 bits per heavy atom. The van der Waals surface area contributed by atoms with Gasteiger partial charge in [-0.2, -0.15) is 11.8 Å².